The molecule has 0 radical (unpaired) electrons. The van der Waals surface area contributed by atoms with Crippen LogP contribution in [0, 0.1) is 6.92 Å². The Morgan fingerprint density at radius 2 is 0.561 bits per heavy atom. The molecule has 0 amide bonds. The van der Waals surface area contributed by atoms with Crippen molar-refractivity contribution in [1.82, 2.24) is 0 Å². The van der Waals surface area contributed by atoms with Crippen molar-refractivity contribution in [2.24, 2.45) is 0 Å². The van der Waals surface area contributed by atoms with Gasteiger partial charge in [-0.2, -0.15) is 0 Å². The van der Waals surface area contributed by atoms with E-state index in [1.165, 1.54) is 49.3 Å². The number of benzene rings is 3. The topological polar surface area (TPSA) is 0 Å². The van der Waals surface area contributed by atoms with Crippen molar-refractivity contribution in [1.29, 1.82) is 0 Å². The van der Waals surface area contributed by atoms with Crippen molar-refractivity contribution in [3.05, 3.63) is 88.0 Å². The van der Waals surface area contributed by atoms with Gasteiger partial charge >= 0.3 is 256 Å². The molecule has 1 heteroatoms. The van der Waals surface area contributed by atoms with E-state index in [4.69, 9.17) is 0 Å². The van der Waals surface area contributed by atoms with Gasteiger partial charge in [-0.3, -0.25) is 0 Å². The first-order valence-corrected chi connectivity index (χ1v) is 18.2. The second-order valence-electron chi connectivity index (χ2n) is 18.1. The maximum atomic E-state index is 2.62. The maximum absolute atomic E-state index is 2.62. The molecule has 0 aromatic heterocycles. The van der Waals surface area contributed by atoms with Crippen LogP contribution in [0.1, 0.15) is 137 Å². The SMILES string of the molecule is Cc1cc(C(C)(C)C)cc([PH](C)(c2cc(C(C)(C)C)cc(C(C)(C)C)c2)c2cc(C(C)(C)C)cc(C(C)(C)C)c2)c1. The molecular weight excluding hydrogens is 511 g/mol. The van der Waals surface area contributed by atoms with Gasteiger partial charge in [0.1, 0.15) is 0 Å². The molecular formula is C40H61P. The average molecular weight is 573 g/mol. The summed E-state index contributed by atoms with van der Waals surface area (Å²) in [5, 5.41) is 4.55. The van der Waals surface area contributed by atoms with Crippen molar-refractivity contribution >= 4 is 23.2 Å². The Morgan fingerprint density at radius 3 is 0.805 bits per heavy atom. The van der Waals surface area contributed by atoms with Gasteiger partial charge in [-0.1, -0.05) is 0 Å². The third kappa shape index (κ3) is 7.36. The van der Waals surface area contributed by atoms with Gasteiger partial charge in [-0.05, 0) is 0 Å². The van der Waals surface area contributed by atoms with Gasteiger partial charge in [0.15, 0.2) is 0 Å². The van der Waals surface area contributed by atoms with Gasteiger partial charge in [-0.15, -0.1) is 0 Å². The molecule has 0 fully saturated rings. The normalized spacial score (nSPS) is 14.4. The average Bonchev–Trinajstić information content (AvgIpc) is 2.79. The fourth-order valence-corrected chi connectivity index (χ4v) is 9.31. The number of rotatable bonds is 3. The Bertz CT molecular complexity index is 1260. The van der Waals surface area contributed by atoms with E-state index in [2.05, 4.69) is 172 Å². The van der Waals surface area contributed by atoms with E-state index in [0.717, 1.165) is 0 Å². The van der Waals surface area contributed by atoms with E-state index in [-0.39, 0.29) is 27.1 Å². The molecule has 0 heterocycles. The van der Waals surface area contributed by atoms with E-state index in [9.17, 15) is 0 Å². The second kappa shape index (κ2) is 10.7. The van der Waals surface area contributed by atoms with E-state index >= 15 is 0 Å². The standard InChI is InChI=1S/C40H61P/c1-27-18-28(36(2,3)4)22-33(19-27)41(17,34-23-29(37(5,6)7)20-30(24-34)38(8,9)10)35-25-31(39(11,12)13)21-32(26-35)40(14,15)16/h18-26,41H,1-17H3. The van der Waals surface area contributed by atoms with Gasteiger partial charge in [-0.25, -0.2) is 0 Å². The van der Waals surface area contributed by atoms with Gasteiger partial charge in [0.05, 0.1) is 0 Å². The van der Waals surface area contributed by atoms with Crippen LogP contribution < -0.4 is 15.9 Å². The van der Waals surface area contributed by atoms with Crippen LogP contribution in [0.3, 0.4) is 0 Å². The number of hydrogen-bond donors (Lipinski definition) is 0. The molecule has 3 aromatic carbocycles. The van der Waals surface area contributed by atoms with Crippen molar-refractivity contribution in [3.63, 3.8) is 0 Å². The summed E-state index contributed by atoms with van der Waals surface area (Å²) in [4.78, 5) is 0. The summed E-state index contributed by atoms with van der Waals surface area (Å²) in [6.07, 6.45) is 0. The zero-order valence-electron chi connectivity index (χ0n) is 29.7. The number of hydrogen-bond acceptors (Lipinski definition) is 0. The predicted molar refractivity (Wildman–Crippen MR) is 191 cm³/mol. The van der Waals surface area contributed by atoms with E-state index in [0.29, 0.717) is 0 Å². The molecule has 0 atom stereocenters. The molecule has 0 nitrogen and oxygen atoms in total. The molecule has 0 bridgehead atoms. The monoisotopic (exact) mass is 572 g/mol. The number of aryl methyl sites for hydroxylation is 1. The molecule has 0 aliphatic carbocycles. The first-order valence-electron chi connectivity index (χ1n) is 15.7. The van der Waals surface area contributed by atoms with Gasteiger partial charge in [0.25, 0.3) is 0 Å². The third-order valence-corrected chi connectivity index (χ3v) is 13.3. The van der Waals surface area contributed by atoms with Crippen LogP contribution in [0.25, 0.3) is 0 Å². The summed E-state index contributed by atoms with van der Waals surface area (Å²) in [7, 11) is -2.46. The molecule has 0 unspecified atom stereocenters. The van der Waals surface area contributed by atoms with Crippen molar-refractivity contribution in [3.8, 4) is 0 Å². The summed E-state index contributed by atoms with van der Waals surface area (Å²) in [6, 6.07) is 22.7. The molecule has 226 valence electrons. The Morgan fingerprint density at radius 1 is 0.341 bits per heavy atom. The van der Waals surface area contributed by atoms with Gasteiger partial charge in [0, 0.05) is 0 Å². The van der Waals surface area contributed by atoms with Gasteiger partial charge < -0.3 is 0 Å². The van der Waals surface area contributed by atoms with Crippen LogP contribution >= 0.6 is 7.26 Å². The third-order valence-electron chi connectivity index (χ3n) is 9.01. The van der Waals surface area contributed by atoms with Gasteiger partial charge in [0.2, 0.25) is 0 Å². The van der Waals surface area contributed by atoms with E-state index in [1.807, 2.05) is 0 Å². The quantitative estimate of drug-likeness (QED) is 0.274. The van der Waals surface area contributed by atoms with Crippen LogP contribution in [0.5, 0.6) is 0 Å². The minimum atomic E-state index is -2.46. The van der Waals surface area contributed by atoms with E-state index in [1.54, 1.807) is 0 Å². The van der Waals surface area contributed by atoms with Crippen LogP contribution in [-0.4, -0.2) is 6.66 Å². The molecule has 3 rings (SSSR count). The summed E-state index contributed by atoms with van der Waals surface area (Å²) in [6.45, 7) is 40.3. The Kier molecular flexibility index (Phi) is 8.74. The van der Waals surface area contributed by atoms with E-state index < -0.39 is 7.26 Å². The Hall–Kier alpha value is -1.91. The zero-order valence-corrected chi connectivity index (χ0v) is 30.7. The molecule has 0 N–H and O–H groups in total. The molecule has 3 aromatic rings. The molecule has 0 saturated carbocycles. The Balaban J connectivity index is 2.61. The van der Waals surface area contributed by atoms with Crippen LogP contribution in [0.2, 0.25) is 0 Å². The van der Waals surface area contributed by atoms with Crippen molar-refractivity contribution in [2.75, 3.05) is 6.66 Å². The minimum absolute atomic E-state index is 0.0678. The zero-order chi connectivity index (χ0) is 31.6. The first kappa shape index (κ1) is 33.6. The Labute approximate surface area is 255 Å². The fraction of sp³-hybridized carbons (Fsp3) is 0.550. The summed E-state index contributed by atoms with van der Waals surface area (Å²) in [5.74, 6) is 0. The van der Waals surface area contributed by atoms with Crippen molar-refractivity contribution < 1.29 is 0 Å². The summed E-state index contributed by atoms with van der Waals surface area (Å²) < 4.78 is 0. The fourth-order valence-electron chi connectivity index (χ4n) is 5.57. The predicted octanol–water partition coefficient (Wildman–Crippen LogP) is 10.1. The van der Waals surface area contributed by atoms with Crippen molar-refractivity contribution in [2.45, 2.75) is 138 Å². The van der Waals surface area contributed by atoms with Crippen LogP contribution in [-0.2, 0) is 27.1 Å². The van der Waals surface area contributed by atoms with Crippen LogP contribution in [0.15, 0.2) is 54.6 Å². The molecule has 0 saturated heterocycles. The molecule has 0 aliphatic rings. The van der Waals surface area contributed by atoms with Crippen LogP contribution in [0.4, 0.5) is 0 Å². The first-order chi connectivity index (χ1) is 18.2. The molecule has 41 heavy (non-hydrogen) atoms. The second-order valence-corrected chi connectivity index (χ2v) is 22.0. The summed E-state index contributed by atoms with van der Waals surface area (Å²) >= 11 is 0. The molecule has 0 aliphatic heterocycles. The molecule has 0 spiro atoms. The summed E-state index contributed by atoms with van der Waals surface area (Å²) in [5.41, 5.74) is 8.89.